The summed E-state index contributed by atoms with van der Waals surface area (Å²) in [7, 11) is -3.70. The summed E-state index contributed by atoms with van der Waals surface area (Å²) in [6.45, 7) is 1.65. The van der Waals surface area contributed by atoms with Gasteiger partial charge in [-0.05, 0) is 67.6 Å². The first-order chi connectivity index (χ1) is 14.9. The second-order valence-electron chi connectivity index (χ2n) is 7.84. The van der Waals surface area contributed by atoms with E-state index in [1.807, 2.05) is 12.1 Å². The molecule has 1 amide bonds. The van der Waals surface area contributed by atoms with Crippen molar-refractivity contribution >= 4 is 27.3 Å². The highest BCUT2D eigenvalue weighted by Gasteiger charge is 2.18. The molecule has 8 heteroatoms. The Morgan fingerprint density at radius 3 is 2.23 bits per heavy atom. The van der Waals surface area contributed by atoms with E-state index < -0.39 is 10.0 Å². The third-order valence-electron chi connectivity index (χ3n) is 5.66. The first-order valence-electron chi connectivity index (χ1n) is 10.4. The number of rotatable bonds is 6. The van der Waals surface area contributed by atoms with Crippen molar-refractivity contribution in [3.05, 3.63) is 71.6 Å². The van der Waals surface area contributed by atoms with E-state index in [1.165, 1.54) is 43.9 Å². The number of carbonyl (C=O) groups excluding carboxylic acids is 1. The maximum atomic E-state index is 12.7. The second kappa shape index (κ2) is 8.93. The Bertz CT molecular complexity index is 1150. The minimum absolute atomic E-state index is 0.229. The van der Waals surface area contributed by atoms with Crippen LogP contribution in [-0.2, 0) is 10.0 Å². The Labute approximate surface area is 181 Å². The fourth-order valence-electron chi connectivity index (χ4n) is 3.91. The first-order valence-corrected chi connectivity index (χ1v) is 11.9. The lowest BCUT2D eigenvalue weighted by molar-refractivity contribution is 0.102. The molecule has 1 heterocycles. The summed E-state index contributed by atoms with van der Waals surface area (Å²) >= 11 is 0. The van der Waals surface area contributed by atoms with Gasteiger partial charge in [-0.25, -0.2) is 8.42 Å². The second-order valence-corrected chi connectivity index (χ2v) is 9.52. The molecular weight excluding hydrogens is 414 g/mol. The SMILES string of the molecule is Cc1oncc1C(=O)Nc1ccc(NS(=O)(=O)c2ccc(C3CCCCC3)cc2)cc1. The van der Waals surface area contributed by atoms with Gasteiger partial charge in [-0.1, -0.05) is 36.6 Å². The summed E-state index contributed by atoms with van der Waals surface area (Å²) in [5, 5.41) is 6.31. The number of amides is 1. The van der Waals surface area contributed by atoms with Crippen molar-refractivity contribution in [1.82, 2.24) is 5.16 Å². The van der Waals surface area contributed by atoms with E-state index >= 15 is 0 Å². The first kappa shape index (κ1) is 21.1. The van der Waals surface area contributed by atoms with Crippen molar-refractivity contribution in [1.29, 1.82) is 0 Å². The zero-order valence-corrected chi connectivity index (χ0v) is 18.1. The third-order valence-corrected chi connectivity index (χ3v) is 7.05. The lowest BCUT2D eigenvalue weighted by Gasteiger charge is -2.22. The van der Waals surface area contributed by atoms with Crippen molar-refractivity contribution in [3.63, 3.8) is 0 Å². The number of anilines is 2. The molecule has 0 unspecified atom stereocenters. The van der Waals surface area contributed by atoms with E-state index in [4.69, 9.17) is 4.52 Å². The van der Waals surface area contributed by atoms with Crippen molar-refractivity contribution in [2.75, 3.05) is 10.0 Å². The molecule has 31 heavy (non-hydrogen) atoms. The topological polar surface area (TPSA) is 101 Å². The van der Waals surface area contributed by atoms with E-state index in [2.05, 4.69) is 15.2 Å². The van der Waals surface area contributed by atoms with Crippen molar-refractivity contribution < 1.29 is 17.7 Å². The zero-order valence-electron chi connectivity index (χ0n) is 17.3. The Morgan fingerprint density at radius 1 is 0.968 bits per heavy atom. The molecule has 4 rings (SSSR count). The standard InChI is InChI=1S/C23H25N3O4S/c1-16-22(15-24-30-16)23(27)25-19-9-11-20(12-10-19)26-31(28,29)21-13-7-18(8-14-21)17-5-3-2-4-6-17/h7-15,17,26H,2-6H2,1H3,(H,25,27). The van der Waals surface area contributed by atoms with Crippen LogP contribution in [0.2, 0.25) is 0 Å². The van der Waals surface area contributed by atoms with E-state index in [1.54, 1.807) is 43.3 Å². The third kappa shape index (κ3) is 4.96. The maximum absolute atomic E-state index is 12.7. The van der Waals surface area contributed by atoms with Gasteiger partial charge >= 0.3 is 0 Å². The zero-order chi connectivity index (χ0) is 21.8. The molecule has 1 aliphatic carbocycles. The summed E-state index contributed by atoms with van der Waals surface area (Å²) in [5.74, 6) is 0.615. The number of benzene rings is 2. The lowest BCUT2D eigenvalue weighted by atomic mass is 9.84. The van der Waals surface area contributed by atoms with Gasteiger partial charge in [0.2, 0.25) is 0 Å². The normalized spacial score (nSPS) is 14.9. The van der Waals surface area contributed by atoms with Gasteiger partial charge in [0.1, 0.15) is 11.3 Å². The Kier molecular flexibility index (Phi) is 6.08. The van der Waals surface area contributed by atoms with Crippen LogP contribution in [0, 0.1) is 6.92 Å². The fraction of sp³-hybridized carbons (Fsp3) is 0.304. The van der Waals surface area contributed by atoms with Crippen LogP contribution in [0.1, 0.15) is 59.7 Å². The molecule has 1 saturated carbocycles. The van der Waals surface area contributed by atoms with Crippen LogP contribution in [0.4, 0.5) is 11.4 Å². The van der Waals surface area contributed by atoms with E-state index in [0.29, 0.717) is 28.6 Å². The van der Waals surface area contributed by atoms with Gasteiger partial charge in [-0.2, -0.15) is 0 Å². The number of nitrogens with zero attached hydrogens (tertiary/aromatic N) is 1. The van der Waals surface area contributed by atoms with Gasteiger partial charge in [0.25, 0.3) is 15.9 Å². The summed E-state index contributed by atoms with van der Waals surface area (Å²) in [5.41, 5.74) is 2.50. The number of sulfonamides is 1. The Balaban J connectivity index is 1.41. The van der Waals surface area contributed by atoms with Gasteiger partial charge in [0, 0.05) is 11.4 Å². The highest BCUT2D eigenvalue weighted by molar-refractivity contribution is 7.92. The monoisotopic (exact) mass is 439 g/mol. The number of carbonyl (C=O) groups is 1. The van der Waals surface area contributed by atoms with Crippen LogP contribution < -0.4 is 10.0 Å². The van der Waals surface area contributed by atoms with Gasteiger partial charge in [0.05, 0.1) is 11.1 Å². The highest BCUT2D eigenvalue weighted by Crippen LogP contribution is 2.33. The van der Waals surface area contributed by atoms with Crippen LogP contribution in [0.15, 0.2) is 64.1 Å². The summed E-state index contributed by atoms with van der Waals surface area (Å²) in [6.07, 6.45) is 7.46. The molecular formula is C23H25N3O4S. The fourth-order valence-corrected chi connectivity index (χ4v) is 4.96. The predicted octanol–water partition coefficient (Wildman–Crippen LogP) is 5.08. The summed E-state index contributed by atoms with van der Waals surface area (Å²) < 4.78 is 33.0. The summed E-state index contributed by atoms with van der Waals surface area (Å²) in [4.78, 5) is 12.4. The van der Waals surface area contributed by atoms with Crippen LogP contribution in [0.3, 0.4) is 0 Å². The molecule has 0 saturated heterocycles. The molecule has 1 fully saturated rings. The van der Waals surface area contributed by atoms with Crippen LogP contribution in [0.25, 0.3) is 0 Å². The summed E-state index contributed by atoms with van der Waals surface area (Å²) in [6, 6.07) is 13.7. The molecule has 7 nitrogen and oxygen atoms in total. The van der Waals surface area contributed by atoms with Crippen LogP contribution in [0.5, 0.6) is 0 Å². The van der Waals surface area contributed by atoms with Gasteiger partial charge in [-0.3, -0.25) is 9.52 Å². The van der Waals surface area contributed by atoms with Crippen molar-refractivity contribution in [2.45, 2.75) is 49.8 Å². The van der Waals surface area contributed by atoms with Crippen LogP contribution >= 0.6 is 0 Å². The van der Waals surface area contributed by atoms with Gasteiger partial charge < -0.3 is 9.84 Å². The number of nitrogens with one attached hydrogen (secondary N) is 2. The van der Waals surface area contributed by atoms with Gasteiger partial charge in [-0.15, -0.1) is 0 Å². The molecule has 0 bridgehead atoms. The highest BCUT2D eigenvalue weighted by atomic mass is 32.2. The van der Waals surface area contributed by atoms with E-state index in [-0.39, 0.29) is 10.8 Å². The number of aryl methyl sites for hydroxylation is 1. The average Bonchev–Trinajstić information content (AvgIpc) is 3.22. The minimum Gasteiger partial charge on any atom is -0.361 e. The largest absolute Gasteiger partial charge is 0.361 e. The minimum atomic E-state index is -3.70. The number of hydrogen-bond donors (Lipinski definition) is 2. The molecule has 0 atom stereocenters. The lowest BCUT2D eigenvalue weighted by Crippen LogP contribution is -2.14. The molecule has 1 aliphatic rings. The van der Waals surface area contributed by atoms with E-state index in [0.717, 1.165) is 0 Å². The quantitative estimate of drug-likeness (QED) is 0.557. The molecule has 1 aromatic heterocycles. The van der Waals surface area contributed by atoms with Crippen molar-refractivity contribution in [2.24, 2.45) is 0 Å². The maximum Gasteiger partial charge on any atom is 0.261 e. The Hall–Kier alpha value is -3.13. The van der Waals surface area contributed by atoms with Crippen LogP contribution in [-0.4, -0.2) is 19.5 Å². The van der Waals surface area contributed by atoms with Crippen molar-refractivity contribution in [3.8, 4) is 0 Å². The van der Waals surface area contributed by atoms with Gasteiger partial charge in [0.15, 0.2) is 0 Å². The van der Waals surface area contributed by atoms with E-state index in [9.17, 15) is 13.2 Å². The molecule has 2 aromatic carbocycles. The molecule has 0 spiro atoms. The smallest absolute Gasteiger partial charge is 0.261 e. The molecule has 3 aromatic rings. The molecule has 0 radical (unpaired) electrons. The molecule has 162 valence electrons. The molecule has 0 aliphatic heterocycles. The Morgan fingerprint density at radius 2 is 1.61 bits per heavy atom. The number of hydrogen-bond acceptors (Lipinski definition) is 5. The molecule has 2 N–H and O–H groups in total. The predicted molar refractivity (Wildman–Crippen MR) is 119 cm³/mol. The number of aromatic nitrogens is 1. The average molecular weight is 440 g/mol.